The van der Waals surface area contributed by atoms with Gasteiger partial charge in [0, 0.05) is 6.04 Å². The predicted molar refractivity (Wildman–Crippen MR) is 59.7 cm³/mol. The maximum Gasteiger partial charge on any atom is 0.276 e. The summed E-state index contributed by atoms with van der Waals surface area (Å²) in [7, 11) is 0. The molecule has 1 saturated carbocycles. The first-order valence-corrected chi connectivity index (χ1v) is 5.32. The molecule has 0 radical (unpaired) electrons. The van der Waals surface area contributed by atoms with Gasteiger partial charge in [-0.25, -0.2) is 4.98 Å². The van der Waals surface area contributed by atoms with E-state index in [1.54, 1.807) is 0 Å². The molecule has 1 heterocycles. The fraction of sp³-hybridized carbons (Fsp3) is 0.600. The van der Waals surface area contributed by atoms with Gasteiger partial charge in [-0.05, 0) is 18.8 Å². The average Bonchev–Trinajstić information content (AvgIpc) is 2.93. The van der Waals surface area contributed by atoms with Crippen LogP contribution in [0.4, 0.5) is 11.5 Å². The van der Waals surface area contributed by atoms with Crippen LogP contribution in [0.3, 0.4) is 0 Å². The Morgan fingerprint density at radius 2 is 2.53 bits per heavy atom. The van der Waals surface area contributed by atoms with E-state index >= 15 is 0 Å². The maximum absolute atomic E-state index is 11.2. The summed E-state index contributed by atoms with van der Waals surface area (Å²) >= 11 is 0. The smallest absolute Gasteiger partial charge is 0.276 e. The Balaban J connectivity index is 2.01. The molecular weight excluding hydrogens is 192 g/mol. The second-order valence-corrected chi connectivity index (χ2v) is 4.03. The molecule has 4 N–H and O–H groups in total. The van der Waals surface area contributed by atoms with Gasteiger partial charge >= 0.3 is 0 Å². The molecule has 0 aliphatic heterocycles. The van der Waals surface area contributed by atoms with Crippen LogP contribution in [0.2, 0.25) is 0 Å². The van der Waals surface area contributed by atoms with Crippen LogP contribution in [0.15, 0.2) is 11.1 Å². The first-order valence-electron chi connectivity index (χ1n) is 5.32. The number of aromatic nitrogens is 2. The van der Waals surface area contributed by atoms with Crippen LogP contribution in [0.1, 0.15) is 26.2 Å². The van der Waals surface area contributed by atoms with Gasteiger partial charge in [0.05, 0.1) is 6.33 Å². The minimum atomic E-state index is -0.278. The largest absolute Gasteiger partial charge is 0.391 e. The number of hydrogen-bond donors (Lipinski definition) is 3. The first-order chi connectivity index (χ1) is 7.22. The molecule has 0 aromatic carbocycles. The lowest BCUT2D eigenvalue weighted by atomic mass is 10.2. The van der Waals surface area contributed by atoms with Crippen LogP contribution < -0.4 is 16.6 Å². The van der Waals surface area contributed by atoms with Crippen LogP contribution in [-0.2, 0) is 0 Å². The van der Waals surface area contributed by atoms with E-state index in [1.807, 2.05) is 0 Å². The second-order valence-electron chi connectivity index (χ2n) is 4.03. The lowest BCUT2D eigenvalue weighted by Gasteiger charge is -2.05. The van der Waals surface area contributed by atoms with E-state index in [9.17, 15) is 4.79 Å². The Morgan fingerprint density at radius 1 is 1.73 bits per heavy atom. The van der Waals surface area contributed by atoms with Crippen molar-refractivity contribution in [1.29, 1.82) is 0 Å². The monoisotopic (exact) mass is 208 g/mol. The van der Waals surface area contributed by atoms with E-state index in [1.165, 1.54) is 19.2 Å². The molecule has 82 valence electrons. The van der Waals surface area contributed by atoms with Crippen molar-refractivity contribution in [2.45, 2.75) is 32.2 Å². The second kappa shape index (κ2) is 3.92. The van der Waals surface area contributed by atoms with Crippen molar-refractivity contribution in [2.24, 2.45) is 5.92 Å². The zero-order valence-electron chi connectivity index (χ0n) is 8.79. The molecule has 1 aromatic rings. The van der Waals surface area contributed by atoms with Crippen molar-refractivity contribution in [2.75, 3.05) is 11.1 Å². The highest BCUT2D eigenvalue weighted by atomic mass is 16.1. The molecule has 0 bridgehead atoms. The minimum absolute atomic E-state index is 0.180. The van der Waals surface area contributed by atoms with Gasteiger partial charge in [0.15, 0.2) is 5.82 Å². The van der Waals surface area contributed by atoms with Gasteiger partial charge in [-0.15, -0.1) is 0 Å². The van der Waals surface area contributed by atoms with Gasteiger partial charge in [0.25, 0.3) is 5.56 Å². The number of nitrogens with two attached hydrogens (primary N) is 1. The van der Waals surface area contributed by atoms with Crippen molar-refractivity contribution in [1.82, 2.24) is 9.97 Å². The third kappa shape index (κ3) is 2.11. The Hall–Kier alpha value is -1.52. The molecule has 0 saturated heterocycles. The molecule has 2 rings (SSSR count). The van der Waals surface area contributed by atoms with E-state index in [4.69, 9.17) is 5.73 Å². The van der Waals surface area contributed by atoms with Crippen LogP contribution >= 0.6 is 0 Å². The number of hydrogen-bond acceptors (Lipinski definition) is 4. The zero-order valence-corrected chi connectivity index (χ0v) is 8.79. The quantitative estimate of drug-likeness (QED) is 0.688. The number of nitrogens with zero attached hydrogens (tertiary/aromatic N) is 1. The summed E-state index contributed by atoms with van der Waals surface area (Å²) in [5.41, 5.74) is 5.51. The number of rotatable bonds is 4. The third-order valence-electron chi connectivity index (χ3n) is 2.79. The van der Waals surface area contributed by atoms with Crippen molar-refractivity contribution in [3.05, 3.63) is 16.7 Å². The summed E-state index contributed by atoms with van der Waals surface area (Å²) in [6, 6.07) is 0.446. The standard InChI is InChI=1S/C10H16N4O/c1-2-3-6-4-7(6)14-9-8(11)10(15)13-5-12-9/h5-7H,2-4,11H2,1H3,(H2,12,13,14,15). The lowest BCUT2D eigenvalue weighted by molar-refractivity contribution is 0.692. The zero-order chi connectivity index (χ0) is 10.8. The van der Waals surface area contributed by atoms with Crippen LogP contribution in [0.5, 0.6) is 0 Å². The van der Waals surface area contributed by atoms with Crippen molar-refractivity contribution < 1.29 is 0 Å². The molecule has 1 fully saturated rings. The summed E-state index contributed by atoms with van der Waals surface area (Å²) in [5, 5.41) is 3.20. The van der Waals surface area contributed by atoms with Gasteiger partial charge in [0.2, 0.25) is 0 Å². The van der Waals surface area contributed by atoms with Crippen molar-refractivity contribution in [3.8, 4) is 0 Å². The fourth-order valence-corrected chi connectivity index (χ4v) is 1.82. The molecule has 15 heavy (non-hydrogen) atoms. The van der Waals surface area contributed by atoms with Gasteiger partial charge in [-0.1, -0.05) is 13.3 Å². The number of H-pyrrole nitrogens is 1. The molecule has 2 atom stereocenters. The van der Waals surface area contributed by atoms with Gasteiger partial charge in [-0.3, -0.25) is 4.79 Å². The minimum Gasteiger partial charge on any atom is -0.391 e. The summed E-state index contributed by atoms with van der Waals surface area (Å²) < 4.78 is 0. The highest BCUT2D eigenvalue weighted by molar-refractivity contribution is 5.59. The average molecular weight is 208 g/mol. The van der Waals surface area contributed by atoms with E-state index in [0.717, 1.165) is 12.3 Å². The van der Waals surface area contributed by atoms with Crippen molar-refractivity contribution in [3.63, 3.8) is 0 Å². The molecule has 5 nitrogen and oxygen atoms in total. The Bertz CT molecular complexity index is 401. The van der Waals surface area contributed by atoms with E-state index < -0.39 is 0 Å². The van der Waals surface area contributed by atoms with Crippen LogP contribution in [0, 0.1) is 5.92 Å². The molecule has 1 aliphatic rings. The topological polar surface area (TPSA) is 83.8 Å². The van der Waals surface area contributed by atoms with Crippen LogP contribution in [0.25, 0.3) is 0 Å². The number of anilines is 2. The first kappa shape index (κ1) is 10.0. The van der Waals surface area contributed by atoms with Crippen LogP contribution in [-0.4, -0.2) is 16.0 Å². The highest BCUT2D eigenvalue weighted by Crippen LogP contribution is 2.37. The molecule has 0 amide bonds. The lowest BCUT2D eigenvalue weighted by Crippen LogP contribution is -2.17. The van der Waals surface area contributed by atoms with Crippen molar-refractivity contribution >= 4 is 11.5 Å². The summed E-state index contributed by atoms with van der Waals surface area (Å²) in [5.74, 6) is 1.23. The van der Waals surface area contributed by atoms with E-state index in [-0.39, 0.29) is 11.2 Å². The summed E-state index contributed by atoms with van der Waals surface area (Å²) in [4.78, 5) is 17.6. The Kier molecular flexibility index (Phi) is 2.62. The third-order valence-corrected chi connectivity index (χ3v) is 2.79. The Morgan fingerprint density at radius 3 is 3.27 bits per heavy atom. The van der Waals surface area contributed by atoms with Gasteiger partial charge in [-0.2, -0.15) is 0 Å². The van der Waals surface area contributed by atoms with Gasteiger partial charge < -0.3 is 16.0 Å². The molecule has 0 spiro atoms. The molecule has 1 aliphatic carbocycles. The molecule has 2 unspecified atom stereocenters. The highest BCUT2D eigenvalue weighted by Gasteiger charge is 2.36. The number of nitrogen functional groups attached to an aromatic ring is 1. The van der Waals surface area contributed by atoms with Gasteiger partial charge in [0.1, 0.15) is 5.69 Å². The summed E-state index contributed by atoms with van der Waals surface area (Å²) in [6.07, 6.45) is 4.95. The SMILES string of the molecule is CCCC1CC1Nc1nc[nH]c(=O)c1N. The number of aromatic amines is 1. The van der Waals surface area contributed by atoms with E-state index in [2.05, 4.69) is 22.2 Å². The normalized spacial score (nSPS) is 23.8. The molecule has 1 aromatic heterocycles. The maximum atomic E-state index is 11.2. The molecular formula is C10H16N4O. The predicted octanol–water partition coefficient (Wildman–Crippen LogP) is 0.953. The Labute approximate surface area is 88.1 Å². The fourth-order valence-electron chi connectivity index (χ4n) is 1.82. The van der Waals surface area contributed by atoms with E-state index in [0.29, 0.717) is 11.9 Å². The molecule has 5 heteroatoms. The number of nitrogens with one attached hydrogen (secondary N) is 2. The summed E-state index contributed by atoms with van der Waals surface area (Å²) in [6.45, 7) is 2.18.